The van der Waals surface area contributed by atoms with Crippen LogP contribution in [0.4, 0.5) is 0 Å². The Morgan fingerprint density at radius 2 is 1.13 bits per heavy atom. The molecule has 740 valence electrons. The summed E-state index contributed by atoms with van der Waals surface area (Å²) >= 11 is 2.10. The Bertz CT molecular complexity index is 5360. The van der Waals surface area contributed by atoms with Crippen molar-refractivity contribution in [2.75, 3.05) is 58.4 Å². The lowest BCUT2D eigenvalue weighted by molar-refractivity contribution is -0.150. The number of fused-ring (bicyclic) bond motifs is 5. The Kier molecular flexibility index (Phi) is 39.2. The average Bonchev–Trinajstić information content (AvgIpc) is 1.68. The molecular formula is C94H122N16O25S2. The topological polar surface area (TPSA) is 617 Å². The van der Waals surface area contributed by atoms with Gasteiger partial charge in [-0.1, -0.05) is 88.1 Å². The highest BCUT2D eigenvalue weighted by molar-refractivity contribution is 7.99. The Labute approximate surface area is 797 Å². The first-order valence-electron chi connectivity index (χ1n) is 46.1. The highest BCUT2D eigenvalue weighted by Crippen LogP contribution is 2.33. The first kappa shape index (κ1) is 106. The van der Waals surface area contributed by atoms with Gasteiger partial charge in [0.25, 0.3) is 0 Å². The third-order valence-electron chi connectivity index (χ3n) is 25.5. The van der Waals surface area contributed by atoms with E-state index in [1.165, 1.54) is 67.1 Å². The number of phenolic OH excluding ortho intramolecular Hbond substituents is 1. The number of nitrogens with one attached hydrogen (secondary N) is 9. The van der Waals surface area contributed by atoms with E-state index in [1.54, 1.807) is 61.0 Å². The summed E-state index contributed by atoms with van der Waals surface area (Å²) in [6, 6.07) is 2.30. The van der Waals surface area contributed by atoms with E-state index in [4.69, 9.17) is 5.73 Å². The lowest BCUT2D eigenvalue weighted by atomic mass is 9.89. The number of thioether (sulfide) groups is 1. The number of unbranched alkanes of at least 4 members (excludes halogenated alkanes) is 2. The van der Waals surface area contributed by atoms with Crippen LogP contribution in [-0.4, -0.2) is 313 Å². The Morgan fingerprint density at radius 1 is 0.540 bits per heavy atom. The molecule has 15 atom stereocenters. The number of piperidine rings is 1. The van der Waals surface area contributed by atoms with Gasteiger partial charge in [0.2, 0.25) is 76.8 Å². The van der Waals surface area contributed by atoms with Crippen molar-refractivity contribution >= 4 is 156 Å². The number of likely N-dealkylation sites (N-methyl/N-ethyl adjacent to an activating group) is 2. The number of aromatic nitrogens is 3. The maximum absolute atomic E-state index is 15.7. The molecule has 0 radical (unpaired) electrons. The number of aliphatic carboxylic acids is 3. The van der Waals surface area contributed by atoms with Crippen LogP contribution >= 0.6 is 23.1 Å². The predicted octanol–water partition coefficient (Wildman–Crippen LogP) is 1.63. The number of H-pyrrole nitrogens is 2. The number of hydrogen-bond acceptors (Lipinski definition) is 25. The molecule has 43 heteroatoms. The van der Waals surface area contributed by atoms with Gasteiger partial charge in [0, 0.05) is 143 Å². The van der Waals surface area contributed by atoms with E-state index in [9.17, 15) is 69.0 Å². The number of nitrogens with zero attached hydrogens (tertiary/aromatic N) is 6. The second-order valence-corrected chi connectivity index (χ2v) is 37.3. The van der Waals surface area contributed by atoms with E-state index in [0.29, 0.717) is 65.1 Å². The Hall–Kier alpha value is -13.0. The molecule has 4 fully saturated rings. The van der Waals surface area contributed by atoms with Crippen molar-refractivity contribution < 1.29 is 122 Å². The molecule has 0 spiro atoms. The minimum Gasteiger partial charge on any atom is -0.508 e. The number of para-hydroxylation sites is 1. The van der Waals surface area contributed by atoms with Gasteiger partial charge in [0.05, 0.1) is 67.7 Å². The van der Waals surface area contributed by atoms with Gasteiger partial charge in [-0.25, -0.2) is 4.98 Å². The summed E-state index contributed by atoms with van der Waals surface area (Å²) in [5.74, 6) is -25.1. The van der Waals surface area contributed by atoms with Crippen LogP contribution < -0.4 is 43.0 Å². The maximum Gasteiger partial charge on any atom is 0.304 e. The van der Waals surface area contributed by atoms with Crippen LogP contribution in [0.1, 0.15) is 165 Å². The van der Waals surface area contributed by atoms with Crippen LogP contribution in [0.3, 0.4) is 0 Å². The number of nitrogens with two attached hydrogens (primary N) is 1. The van der Waals surface area contributed by atoms with E-state index in [1.807, 2.05) is 13.0 Å². The largest absolute Gasteiger partial charge is 0.508 e. The standard InChI is InChI=1S/C94H122N16O25S2/c1-5-7-19-71-87(128)101-64(29-31-82(121)122)75(114)39-57(84(125)98-45-79(95)117)48-136-50-80(118)100-67(34-52-24-27-59(112)28-25-52)93(134)108-32-14-13-21-70(108)77(116)38-54(40-83(123)124)91(132)109-33-15-22-72(109)88(129)102-65(41-58-44-96-51-99-58)76(115)37-53(26-30-81(119)120)90(131)110-46-60(113)42-74(110)89(130)103-66(35-55-43-97-63-18-11-9-16-61(55)63)85(126)105-69(47-111)86(127)104-68(36-56-49-137-78-23-12-10-17-62(56)78)92(133)107(4)73(20-8-6-2)94(135)106(71)3/h9-12,16-18,23-25,27-28,43-44,49,51,53-54,57,60,64-74,97,111-113H,5-8,13-15,19-22,26,29-42,45-48,50H2,1-4H3,(H2,95,117)(H,96,99)(H,98,125)(H,100,118)(H,101,128)(H,102,129)(H,103,130)(H,104,127)(H,105,126)(H,119,120)(H,121,122)(H,123,124)/t53-,54+,57+,60-,64+,65+,66+,67+,68+,69+,70+,71+,72+,73+,74+/m1/s1. The molecule has 4 saturated heterocycles. The fourth-order valence-corrected chi connectivity index (χ4v) is 20.0. The van der Waals surface area contributed by atoms with Crippen LogP contribution in [0.15, 0.2) is 96.9 Å². The average molecular weight is 1940 g/mol. The van der Waals surface area contributed by atoms with Crippen molar-refractivity contribution in [3.05, 3.63) is 119 Å². The van der Waals surface area contributed by atoms with Crippen LogP contribution in [0, 0.1) is 17.8 Å². The molecule has 4 aliphatic rings. The number of benzene rings is 3. The zero-order chi connectivity index (χ0) is 99.4. The third-order valence-corrected chi connectivity index (χ3v) is 27.6. The SMILES string of the molecule is CCCC[C@H]1C(=O)N(C)[C@@H](CCCC)C(=O)N[C@@H](CCC(=O)O)C(=O)C[C@H](C(=O)NCC(N)=O)CSCC(=O)N[C@@H](Cc2ccc(O)cc2)C(=O)N2CCCC[C@H]2C(=O)C[C@@H](CC(=O)O)C(=O)N2CCC[C@H]2C(=O)N[C@@H](Cc2cnc[nH]2)C(=O)C[C@@H](CCC(=O)O)C(=O)N2C[C@H](O)C[C@H]2C(=O)N[C@@H](Cc2c[nH]c3ccccc23)C(=O)N[C@@H](CO)C(=O)N[C@@H](Cc2csc3ccccc23)C(=O)N1C. The van der Waals surface area contributed by atoms with E-state index < -0.39 is 291 Å². The summed E-state index contributed by atoms with van der Waals surface area (Å²) in [5, 5.41) is 85.0. The lowest BCUT2D eigenvalue weighted by Crippen LogP contribution is -2.61. The molecule has 10 rings (SSSR count). The summed E-state index contributed by atoms with van der Waals surface area (Å²) in [6.07, 6.45) is -2.77. The fraction of sp³-hybridized carbons (Fsp3) is 0.532. The molecule has 4 aliphatic heterocycles. The van der Waals surface area contributed by atoms with E-state index in [-0.39, 0.29) is 88.7 Å². The number of Topliss-reactive ketones (excluding diaryl/α,β-unsaturated/α-hetero) is 3. The van der Waals surface area contributed by atoms with Gasteiger partial charge < -0.3 is 108 Å². The second kappa shape index (κ2) is 50.7. The number of aliphatic hydroxyl groups is 2. The second-order valence-electron chi connectivity index (χ2n) is 35.4. The number of thiophene rings is 1. The summed E-state index contributed by atoms with van der Waals surface area (Å²) < 4.78 is 0.785. The van der Waals surface area contributed by atoms with E-state index >= 15 is 52.7 Å². The number of amides is 13. The molecule has 7 heterocycles. The van der Waals surface area contributed by atoms with Crippen LogP contribution in [0.2, 0.25) is 0 Å². The molecule has 0 aliphatic carbocycles. The zero-order valence-electron chi connectivity index (χ0n) is 76.8. The van der Waals surface area contributed by atoms with Crippen molar-refractivity contribution in [3.63, 3.8) is 0 Å². The van der Waals surface area contributed by atoms with Crippen molar-refractivity contribution in [1.82, 2.24) is 76.7 Å². The Morgan fingerprint density at radius 3 is 1.82 bits per heavy atom. The molecule has 41 nitrogen and oxygen atoms in total. The summed E-state index contributed by atoms with van der Waals surface area (Å²) in [7, 11) is 2.61. The van der Waals surface area contributed by atoms with Gasteiger partial charge >= 0.3 is 17.9 Å². The number of hydrogen-bond donors (Lipinski definition) is 16. The number of aliphatic hydroxyl groups excluding tert-OH is 2. The number of ketones is 3. The summed E-state index contributed by atoms with van der Waals surface area (Å²) in [4.78, 5) is 292. The number of aromatic hydroxyl groups is 1. The van der Waals surface area contributed by atoms with Gasteiger partial charge in [-0.3, -0.25) is 91.1 Å². The van der Waals surface area contributed by atoms with E-state index in [2.05, 4.69) is 52.2 Å². The molecule has 6 aromatic rings. The smallest absolute Gasteiger partial charge is 0.304 e. The first-order valence-corrected chi connectivity index (χ1v) is 48.2. The number of rotatable bonds is 26. The maximum atomic E-state index is 15.7. The molecule has 17 N–H and O–H groups in total. The molecule has 137 heavy (non-hydrogen) atoms. The summed E-state index contributed by atoms with van der Waals surface area (Å²) in [6.45, 7) is 0.939. The monoisotopic (exact) mass is 1940 g/mol. The van der Waals surface area contributed by atoms with E-state index in [0.717, 1.165) is 36.1 Å². The van der Waals surface area contributed by atoms with Crippen LogP contribution in [-0.2, 0) is 117 Å². The predicted molar refractivity (Wildman–Crippen MR) is 498 cm³/mol. The molecule has 13 amide bonds. The fourth-order valence-electron chi connectivity index (χ4n) is 18.1. The van der Waals surface area contributed by atoms with Crippen molar-refractivity contribution in [1.29, 1.82) is 0 Å². The highest BCUT2D eigenvalue weighted by Gasteiger charge is 2.48. The van der Waals surface area contributed by atoms with Crippen LogP contribution in [0.5, 0.6) is 5.75 Å². The quantitative estimate of drug-likeness (QED) is 0.0367. The van der Waals surface area contributed by atoms with Crippen molar-refractivity contribution in [2.45, 2.75) is 241 Å². The van der Waals surface area contributed by atoms with Crippen LogP contribution in [0.25, 0.3) is 21.0 Å². The first-order chi connectivity index (χ1) is 65.4. The molecule has 0 unspecified atom stereocenters. The van der Waals surface area contributed by atoms with Gasteiger partial charge in [-0.2, -0.15) is 11.8 Å². The number of phenols is 1. The van der Waals surface area contributed by atoms with Crippen molar-refractivity contribution in [2.24, 2.45) is 23.5 Å². The number of primary amides is 1. The van der Waals surface area contributed by atoms with Gasteiger partial charge in [0.1, 0.15) is 54.1 Å². The number of carboxylic acids is 3. The molecule has 3 aromatic carbocycles. The molecule has 0 saturated carbocycles. The van der Waals surface area contributed by atoms with Crippen molar-refractivity contribution in [3.8, 4) is 5.75 Å². The van der Waals surface area contributed by atoms with Gasteiger partial charge in [0.15, 0.2) is 17.3 Å². The summed E-state index contributed by atoms with van der Waals surface area (Å²) in [5.41, 5.74) is 7.67. The number of aromatic amines is 2. The Balaban J connectivity index is 1.03. The number of imidazole rings is 1. The lowest BCUT2D eigenvalue weighted by Gasteiger charge is -2.38. The molecule has 0 bridgehead atoms. The molecule has 3 aromatic heterocycles. The molecular weight excluding hydrogens is 1820 g/mol. The minimum absolute atomic E-state index is 0.00243. The van der Waals surface area contributed by atoms with Gasteiger partial charge in [-0.15, -0.1) is 11.3 Å². The minimum atomic E-state index is -1.93. The number of carbonyl (C=O) groups is 19. The van der Waals surface area contributed by atoms with Gasteiger partial charge in [-0.05, 0) is 110 Å². The number of carbonyl (C=O) groups excluding carboxylic acids is 16. The zero-order valence-corrected chi connectivity index (χ0v) is 78.5. The normalized spacial score (nSPS) is 25.2. The number of carboxylic acid groups (broad SMARTS) is 3. The highest BCUT2D eigenvalue weighted by atomic mass is 32.2. The third kappa shape index (κ3) is 29.3.